The van der Waals surface area contributed by atoms with Gasteiger partial charge in [-0.15, -0.1) is 0 Å². The first-order valence-corrected chi connectivity index (χ1v) is 4.13. The van der Waals surface area contributed by atoms with Gasteiger partial charge in [-0.2, -0.15) is 0 Å². The maximum atomic E-state index is 9.80. The Balaban J connectivity index is 2.38. The van der Waals surface area contributed by atoms with Gasteiger partial charge in [-0.3, -0.25) is 0 Å². The second kappa shape index (κ2) is 2.10. The summed E-state index contributed by atoms with van der Waals surface area (Å²) in [5.41, 5.74) is -0.988. The van der Waals surface area contributed by atoms with E-state index in [0.717, 1.165) is 0 Å². The zero-order valence-electron chi connectivity index (χ0n) is 7.57. The molecule has 0 aromatic carbocycles. The lowest BCUT2D eigenvalue weighted by Crippen LogP contribution is -2.45. The third kappa shape index (κ3) is 0.762. The van der Waals surface area contributed by atoms with Crippen LogP contribution in [-0.4, -0.2) is 35.6 Å². The summed E-state index contributed by atoms with van der Waals surface area (Å²) < 4.78 is 10.9. The standard InChI is InChI=1S/C9H14O3/c1-8-4-5-9(2,12-8)7(11-3)6(8)10/h4-7,10H,1-3H3/t6?,7?,8-,9+/m1/s1. The minimum absolute atomic E-state index is 0.243. The highest BCUT2D eigenvalue weighted by atomic mass is 16.6. The van der Waals surface area contributed by atoms with Crippen molar-refractivity contribution in [2.24, 2.45) is 0 Å². The molecule has 12 heavy (non-hydrogen) atoms. The quantitative estimate of drug-likeness (QED) is 0.582. The maximum absolute atomic E-state index is 9.80. The minimum atomic E-state index is -0.558. The van der Waals surface area contributed by atoms with E-state index in [9.17, 15) is 5.11 Å². The molecule has 3 heteroatoms. The minimum Gasteiger partial charge on any atom is -0.387 e. The number of hydrogen-bond acceptors (Lipinski definition) is 3. The van der Waals surface area contributed by atoms with Gasteiger partial charge < -0.3 is 14.6 Å². The van der Waals surface area contributed by atoms with E-state index in [1.54, 1.807) is 7.11 Å². The molecule has 0 radical (unpaired) electrons. The molecule has 0 spiro atoms. The number of aliphatic hydroxyl groups is 1. The van der Waals surface area contributed by atoms with Gasteiger partial charge in [0.05, 0.1) is 0 Å². The number of rotatable bonds is 1. The van der Waals surface area contributed by atoms with Crippen molar-refractivity contribution in [3.05, 3.63) is 12.2 Å². The second-order valence-corrected chi connectivity index (χ2v) is 3.90. The van der Waals surface area contributed by atoms with Gasteiger partial charge in [0, 0.05) is 7.11 Å². The predicted molar refractivity (Wildman–Crippen MR) is 43.8 cm³/mol. The zero-order valence-corrected chi connectivity index (χ0v) is 7.57. The SMILES string of the molecule is COC1C(O)[C@@]2(C)C=C[C@]1(C)O2. The highest BCUT2D eigenvalue weighted by Gasteiger charge is 2.60. The van der Waals surface area contributed by atoms with Crippen molar-refractivity contribution in [1.29, 1.82) is 0 Å². The molecule has 0 aromatic rings. The molecule has 2 heterocycles. The van der Waals surface area contributed by atoms with Crippen molar-refractivity contribution in [2.45, 2.75) is 37.3 Å². The number of hydrogen-bond donors (Lipinski definition) is 1. The first-order valence-electron chi connectivity index (χ1n) is 4.13. The van der Waals surface area contributed by atoms with E-state index < -0.39 is 17.3 Å². The van der Waals surface area contributed by atoms with E-state index in [1.165, 1.54) is 0 Å². The monoisotopic (exact) mass is 170 g/mol. The van der Waals surface area contributed by atoms with Crippen LogP contribution in [0.1, 0.15) is 13.8 Å². The third-order valence-electron chi connectivity index (χ3n) is 2.88. The first-order chi connectivity index (χ1) is 5.52. The third-order valence-corrected chi connectivity index (χ3v) is 2.88. The summed E-state index contributed by atoms with van der Waals surface area (Å²) in [5.74, 6) is 0. The topological polar surface area (TPSA) is 38.7 Å². The second-order valence-electron chi connectivity index (χ2n) is 3.90. The van der Waals surface area contributed by atoms with E-state index in [2.05, 4.69) is 0 Å². The van der Waals surface area contributed by atoms with Crippen LogP contribution in [0.5, 0.6) is 0 Å². The molecular formula is C9H14O3. The summed E-state index contributed by atoms with van der Waals surface area (Å²) in [7, 11) is 1.60. The van der Waals surface area contributed by atoms with Crippen molar-refractivity contribution in [2.75, 3.05) is 7.11 Å². The molecule has 0 aromatic heterocycles. The number of methoxy groups -OCH3 is 1. The van der Waals surface area contributed by atoms with Gasteiger partial charge in [-0.05, 0) is 13.8 Å². The Morgan fingerprint density at radius 2 is 1.92 bits per heavy atom. The smallest absolute Gasteiger partial charge is 0.118 e. The molecule has 68 valence electrons. The van der Waals surface area contributed by atoms with Crippen molar-refractivity contribution in [3.8, 4) is 0 Å². The molecule has 2 aliphatic rings. The lowest BCUT2D eigenvalue weighted by molar-refractivity contribution is -0.0508. The van der Waals surface area contributed by atoms with E-state index in [1.807, 2.05) is 26.0 Å². The van der Waals surface area contributed by atoms with Gasteiger partial charge in [0.2, 0.25) is 0 Å². The Morgan fingerprint density at radius 3 is 2.25 bits per heavy atom. The molecule has 1 N–H and O–H groups in total. The lowest BCUT2D eigenvalue weighted by atomic mass is 9.85. The van der Waals surface area contributed by atoms with E-state index in [0.29, 0.717) is 0 Å². The normalized spacial score (nSPS) is 56.7. The highest BCUT2D eigenvalue weighted by molar-refractivity contribution is 5.28. The zero-order chi connectivity index (χ0) is 8.98. The molecule has 1 saturated heterocycles. The molecular weight excluding hydrogens is 156 g/mol. The van der Waals surface area contributed by atoms with Crippen molar-refractivity contribution in [3.63, 3.8) is 0 Å². The molecule has 2 aliphatic heterocycles. The van der Waals surface area contributed by atoms with Gasteiger partial charge in [0.15, 0.2) is 0 Å². The van der Waals surface area contributed by atoms with Gasteiger partial charge >= 0.3 is 0 Å². The molecule has 4 atom stereocenters. The number of ether oxygens (including phenoxy) is 2. The molecule has 3 nitrogen and oxygen atoms in total. The molecule has 2 bridgehead atoms. The highest BCUT2D eigenvalue weighted by Crippen LogP contribution is 2.46. The summed E-state index contributed by atoms with van der Waals surface area (Å²) in [6.45, 7) is 3.80. The lowest BCUT2D eigenvalue weighted by Gasteiger charge is -2.27. The van der Waals surface area contributed by atoms with Crippen LogP contribution in [0.4, 0.5) is 0 Å². The molecule has 2 rings (SSSR count). The van der Waals surface area contributed by atoms with Gasteiger partial charge in [-0.1, -0.05) is 12.2 Å². The van der Waals surface area contributed by atoms with Gasteiger partial charge in [0.1, 0.15) is 23.4 Å². The fourth-order valence-electron chi connectivity index (χ4n) is 2.16. The Morgan fingerprint density at radius 1 is 1.33 bits per heavy atom. The van der Waals surface area contributed by atoms with Crippen LogP contribution in [0.3, 0.4) is 0 Å². The van der Waals surface area contributed by atoms with E-state index >= 15 is 0 Å². The fourth-order valence-corrected chi connectivity index (χ4v) is 2.16. The van der Waals surface area contributed by atoms with E-state index in [-0.39, 0.29) is 6.10 Å². The fraction of sp³-hybridized carbons (Fsp3) is 0.778. The average Bonchev–Trinajstić information content (AvgIpc) is 2.38. The van der Waals surface area contributed by atoms with Crippen LogP contribution < -0.4 is 0 Å². The first kappa shape index (κ1) is 8.23. The van der Waals surface area contributed by atoms with Crippen molar-refractivity contribution < 1.29 is 14.6 Å². The van der Waals surface area contributed by atoms with Crippen LogP contribution in [0, 0.1) is 0 Å². The molecule has 1 fully saturated rings. The predicted octanol–water partition coefficient (Wildman–Crippen LogP) is 0.480. The molecule has 2 unspecified atom stereocenters. The van der Waals surface area contributed by atoms with Gasteiger partial charge in [0.25, 0.3) is 0 Å². The van der Waals surface area contributed by atoms with Crippen LogP contribution in [0.15, 0.2) is 12.2 Å². The number of aliphatic hydroxyl groups excluding tert-OH is 1. The Labute approximate surface area is 72.0 Å². The average molecular weight is 170 g/mol. The van der Waals surface area contributed by atoms with Crippen LogP contribution >= 0.6 is 0 Å². The summed E-state index contributed by atoms with van der Waals surface area (Å²) >= 11 is 0. The summed E-state index contributed by atoms with van der Waals surface area (Å²) in [6.07, 6.45) is 3.08. The summed E-state index contributed by atoms with van der Waals surface area (Å²) in [6, 6.07) is 0. The Kier molecular flexibility index (Phi) is 1.44. The summed E-state index contributed by atoms with van der Waals surface area (Å²) in [5, 5.41) is 9.80. The summed E-state index contributed by atoms with van der Waals surface area (Å²) in [4.78, 5) is 0. The largest absolute Gasteiger partial charge is 0.387 e. The molecule has 0 amide bonds. The van der Waals surface area contributed by atoms with Gasteiger partial charge in [-0.25, -0.2) is 0 Å². The molecule has 0 aliphatic carbocycles. The van der Waals surface area contributed by atoms with Crippen LogP contribution in [0.25, 0.3) is 0 Å². The Bertz CT molecular complexity index is 238. The van der Waals surface area contributed by atoms with Crippen LogP contribution in [0.2, 0.25) is 0 Å². The van der Waals surface area contributed by atoms with Crippen LogP contribution in [-0.2, 0) is 9.47 Å². The number of fused-ring (bicyclic) bond motifs is 2. The Hall–Kier alpha value is -0.380. The van der Waals surface area contributed by atoms with Crippen molar-refractivity contribution >= 4 is 0 Å². The van der Waals surface area contributed by atoms with E-state index in [4.69, 9.17) is 9.47 Å². The maximum Gasteiger partial charge on any atom is 0.118 e. The van der Waals surface area contributed by atoms with Crippen molar-refractivity contribution in [1.82, 2.24) is 0 Å². The molecule has 0 saturated carbocycles.